The number of halogens is 1. The lowest BCUT2D eigenvalue weighted by atomic mass is 10.2. The van der Waals surface area contributed by atoms with Crippen LogP contribution in [0, 0.1) is 0 Å². The maximum absolute atomic E-state index is 10.7. The Morgan fingerprint density at radius 1 is 1.50 bits per heavy atom. The Morgan fingerprint density at radius 3 is 2.93 bits per heavy atom. The van der Waals surface area contributed by atoms with Crippen molar-refractivity contribution in [1.29, 1.82) is 0 Å². The van der Waals surface area contributed by atoms with Gasteiger partial charge in [-0.1, -0.05) is 23.8 Å². The molecule has 0 saturated carbocycles. The van der Waals surface area contributed by atoms with Gasteiger partial charge in [-0.05, 0) is 25.1 Å². The monoisotopic (exact) mass is 210 g/mol. The van der Waals surface area contributed by atoms with Crippen LogP contribution in [0.1, 0.15) is 17.3 Å². The molecule has 0 aliphatic carbocycles. The van der Waals surface area contributed by atoms with Crippen molar-refractivity contribution in [3.63, 3.8) is 0 Å². The van der Waals surface area contributed by atoms with Gasteiger partial charge >= 0.3 is 0 Å². The van der Waals surface area contributed by atoms with Gasteiger partial charge < -0.3 is 4.74 Å². The van der Waals surface area contributed by atoms with Gasteiger partial charge in [-0.3, -0.25) is 4.79 Å². The lowest BCUT2D eigenvalue weighted by molar-refractivity contribution is 0.112. The molecular formula is C11H11ClO2. The third kappa shape index (κ3) is 2.89. The summed E-state index contributed by atoms with van der Waals surface area (Å²) in [6, 6.07) is 4.97. The zero-order valence-electron chi connectivity index (χ0n) is 7.87. The summed E-state index contributed by atoms with van der Waals surface area (Å²) in [7, 11) is 0. The average Bonchev–Trinajstić information content (AvgIpc) is 2.20. The van der Waals surface area contributed by atoms with Gasteiger partial charge in [0.1, 0.15) is 12.4 Å². The van der Waals surface area contributed by atoms with Crippen molar-refractivity contribution in [2.24, 2.45) is 0 Å². The molecule has 74 valence electrons. The lowest BCUT2D eigenvalue weighted by Gasteiger charge is -2.05. The molecule has 0 unspecified atom stereocenters. The van der Waals surface area contributed by atoms with Gasteiger partial charge in [-0.25, -0.2) is 0 Å². The highest BCUT2D eigenvalue weighted by molar-refractivity contribution is 6.30. The largest absolute Gasteiger partial charge is 0.489 e. The lowest BCUT2D eigenvalue weighted by Crippen LogP contribution is -1.96. The molecule has 0 radical (unpaired) electrons. The molecule has 2 nitrogen and oxygen atoms in total. The Hall–Kier alpha value is -1.28. The maximum atomic E-state index is 10.7. The molecule has 0 aliphatic heterocycles. The first kappa shape index (κ1) is 10.8. The van der Waals surface area contributed by atoms with E-state index in [0.29, 0.717) is 22.9 Å². The Balaban J connectivity index is 2.80. The van der Waals surface area contributed by atoms with Crippen LogP contribution >= 0.6 is 11.6 Å². The van der Waals surface area contributed by atoms with E-state index in [1.807, 2.05) is 19.1 Å². The van der Waals surface area contributed by atoms with Crippen LogP contribution in [0.15, 0.2) is 30.4 Å². The second kappa shape index (κ2) is 5.45. The summed E-state index contributed by atoms with van der Waals surface area (Å²) >= 11 is 5.73. The van der Waals surface area contributed by atoms with Gasteiger partial charge in [0.25, 0.3) is 0 Å². The standard InChI is InChI=1S/C11H11ClO2/c1-2-3-6-14-11-5-4-10(12)7-9(11)8-13/h2-5,7-8H,6H2,1H3/b3-2+. The second-order valence-electron chi connectivity index (χ2n) is 2.68. The minimum Gasteiger partial charge on any atom is -0.489 e. The number of carbonyl (C=O) groups excluding carboxylic acids is 1. The number of hydrogen-bond acceptors (Lipinski definition) is 2. The molecule has 0 saturated heterocycles. The van der Waals surface area contributed by atoms with Gasteiger partial charge in [0.2, 0.25) is 0 Å². The van der Waals surface area contributed by atoms with Gasteiger partial charge in [0.15, 0.2) is 6.29 Å². The van der Waals surface area contributed by atoms with Crippen molar-refractivity contribution >= 4 is 17.9 Å². The smallest absolute Gasteiger partial charge is 0.153 e. The molecular weight excluding hydrogens is 200 g/mol. The molecule has 3 heteroatoms. The molecule has 0 spiro atoms. The van der Waals surface area contributed by atoms with E-state index in [1.165, 1.54) is 0 Å². The number of aldehydes is 1. The molecule has 1 aromatic carbocycles. The van der Waals surface area contributed by atoms with E-state index in [4.69, 9.17) is 16.3 Å². The molecule has 0 atom stereocenters. The SMILES string of the molecule is C/C=C/COc1ccc(Cl)cc1C=O. The van der Waals surface area contributed by atoms with Gasteiger partial charge in [0.05, 0.1) is 5.56 Å². The van der Waals surface area contributed by atoms with Crippen LogP contribution in [-0.4, -0.2) is 12.9 Å². The van der Waals surface area contributed by atoms with Crippen LogP contribution in [0.4, 0.5) is 0 Å². The van der Waals surface area contributed by atoms with E-state index >= 15 is 0 Å². The summed E-state index contributed by atoms with van der Waals surface area (Å²) < 4.78 is 5.35. The fraction of sp³-hybridized carbons (Fsp3) is 0.182. The van der Waals surface area contributed by atoms with E-state index in [2.05, 4.69) is 0 Å². The maximum Gasteiger partial charge on any atom is 0.153 e. The van der Waals surface area contributed by atoms with E-state index in [1.54, 1.807) is 18.2 Å². The van der Waals surface area contributed by atoms with Crippen LogP contribution in [0.2, 0.25) is 5.02 Å². The van der Waals surface area contributed by atoms with Gasteiger partial charge in [-0.2, -0.15) is 0 Å². The van der Waals surface area contributed by atoms with Crippen LogP contribution < -0.4 is 4.74 Å². The topological polar surface area (TPSA) is 26.3 Å². The first-order chi connectivity index (χ1) is 6.77. The molecule has 1 aromatic rings. The molecule has 0 aliphatic rings. The van der Waals surface area contributed by atoms with Crippen LogP contribution in [0.25, 0.3) is 0 Å². The minimum atomic E-state index is 0.457. The zero-order chi connectivity index (χ0) is 10.4. The molecule has 0 N–H and O–H groups in total. The fourth-order valence-electron chi connectivity index (χ4n) is 0.977. The van der Waals surface area contributed by atoms with Crippen molar-refractivity contribution in [1.82, 2.24) is 0 Å². The fourth-order valence-corrected chi connectivity index (χ4v) is 1.16. The van der Waals surface area contributed by atoms with E-state index in [-0.39, 0.29) is 0 Å². The third-order valence-electron chi connectivity index (χ3n) is 1.67. The Bertz CT molecular complexity index is 345. The van der Waals surface area contributed by atoms with E-state index < -0.39 is 0 Å². The quantitative estimate of drug-likeness (QED) is 0.564. The first-order valence-electron chi connectivity index (χ1n) is 4.26. The summed E-state index contributed by atoms with van der Waals surface area (Å²) in [6.07, 6.45) is 4.48. The molecule has 0 aromatic heterocycles. The normalized spacial score (nSPS) is 10.4. The number of benzene rings is 1. The van der Waals surface area contributed by atoms with Crippen LogP contribution in [0.5, 0.6) is 5.75 Å². The molecule has 1 rings (SSSR count). The third-order valence-corrected chi connectivity index (χ3v) is 1.90. The Morgan fingerprint density at radius 2 is 2.29 bits per heavy atom. The van der Waals surface area contributed by atoms with Crippen molar-refractivity contribution in [3.8, 4) is 5.75 Å². The predicted molar refractivity (Wildman–Crippen MR) is 57.1 cm³/mol. The summed E-state index contributed by atoms with van der Waals surface area (Å²) in [5, 5.41) is 0.533. The second-order valence-corrected chi connectivity index (χ2v) is 3.12. The predicted octanol–water partition coefficient (Wildman–Crippen LogP) is 3.11. The highest BCUT2D eigenvalue weighted by Gasteiger charge is 2.02. The van der Waals surface area contributed by atoms with Gasteiger partial charge in [0, 0.05) is 5.02 Å². The van der Waals surface area contributed by atoms with Crippen molar-refractivity contribution in [2.45, 2.75) is 6.92 Å². The van der Waals surface area contributed by atoms with Crippen LogP contribution in [0.3, 0.4) is 0 Å². The van der Waals surface area contributed by atoms with Crippen LogP contribution in [-0.2, 0) is 0 Å². The Kier molecular flexibility index (Phi) is 4.20. The van der Waals surface area contributed by atoms with Gasteiger partial charge in [-0.15, -0.1) is 0 Å². The molecule has 0 bridgehead atoms. The summed E-state index contributed by atoms with van der Waals surface area (Å²) in [5.41, 5.74) is 0.474. The minimum absolute atomic E-state index is 0.457. The highest BCUT2D eigenvalue weighted by atomic mass is 35.5. The molecule has 14 heavy (non-hydrogen) atoms. The number of carbonyl (C=O) groups is 1. The zero-order valence-corrected chi connectivity index (χ0v) is 8.62. The van der Waals surface area contributed by atoms with Crippen molar-refractivity contribution in [2.75, 3.05) is 6.61 Å². The van der Waals surface area contributed by atoms with E-state index in [0.717, 1.165) is 6.29 Å². The molecule has 0 fully saturated rings. The average molecular weight is 211 g/mol. The molecule has 0 amide bonds. The van der Waals surface area contributed by atoms with Crippen molar-refractivity contribution < 1.29 is 9.53 Å². The summed E-state index contributed by atoms with van der Waals surface area (Å²) in [6.45, 7) is 2.37. The highest BCUT2D eigenvalue weighted by Crippen LogP contribution is 2.21. The number of ether oxygens (including phenoxy) is 1. The summed E-state index contributed by atoms with van der Waals surface area (Å²) in [5.74, 6) is 0.558. The Labute approximate surface area is 88.1 Å². The number of rotatable bonds is 4. The van der Waals surface area contributed by atoms with Crippen molar-refractivity contribution in [3.05, 3.63) is 40.9 Å². The first-order valence-corrected chi connectivity index (χ1v) is 4.64. The summed E-state index contributed by atoms with van der Waals surface area (Å²) in [4.78, 5) is 10.7. The number of hydrogen-bond donors (Lipinski definition) is 0. The molecule has 0 heterocycles. The van der Waals surface area contributed by atoms with E-state index in [9.17, 15) is 4.79 Å². The number of allylic oxidation sites excluding steroid dienone is 1.